The number of alkyl carbamates (subject to hydrolysis) is 2. The number of aliphatic hydroxyl groups is 2. The fourth-order valence-corrected chi connectivity index (χ4v) is 15.4. The van der Waals surface area contributed by atoms with E-state index in [1.807, 2.05) is 6.07 Å². The first-order chi connectivity index (χ1) is 54.4. The summed E-state index contributed by atoms with van der Waals surface area (Å²) in [7, 11) is 1.28. The van der Waals surface area contributed by atoms with Gasteiger partial charge >= 0.3 is 42.2 Å². The van der Waals surface area contributed by atoms with Gasteiger partial charge in [0.2, 0.25) is 23.8 Å². The molecule has 8 N–H and O–H groups in total. The largest absolute Gasteiger partial charge is 0.455 e. The number of hydrogen-bond acceptors (Lipinski definition) is 22. The molecule has 6 aromatic carbocycles. The molecular weight excluding hydrogens is 1470 g/mol. The van der Waals surface area contributed by atoms with Crippen LogP contribution in [0.2, 0.25) is 0 Å². The van der Waals surface area contributed by atoms with Gasteiger partial charge in [-0.25, -0.2) is 24.0 Å². The van der Waals surface area contributed by atoms with Gasteiger partial charge in [0.25, 0.3) is 5.91 Å². The molecule has 114 heavy (non-hydrogen) atoms. The molecule has 2 bridgehead atoms. The van der Waals surface area contributed by atoms with E-state index in [2.05, 4.69) is 31.9 Å². The first-order valence-electron chi connectivity index (χ1n) is 37.7. The van der Waals surface area contributed by atoms with Crippen LogP contribution in [-0.2, 0) is 91.1 Å². The van der Waals surface area contributed by atoms with Crippen LogP contribution in [0.3, 0.4) is 0 Å². The van der Waals surface area contributed by atoms with Gasteiger partial charge < -0.3 is 84.9 Å². The SMILES string of the molecule is CC(=O)O[C@H]1C(=O)[C@@]2(C)[C@H]([C@H](OC(=O)c3ccccc3)[C@]3(O)C[C@H](OC(=O)[C@H](OC(=O)N(C)CCNC(=O)[C@H](CCCCNC(=O)OCc4ccccc4)NC(=O)[C@H](Cc4ccccc4)NC(=O)[C@@H](C)NC(=O)OCc4ccccc4)[C@@H](NC(=O)c4ccccc4)c4ccccc4)C(C)=C1C3(C)C)[C@]1(OC(C)=O)CO[C@@H]1C[C@@H]2O. The zero-order valence-corrected chi connectivity index (χ0v) is 64.7. The normalized spacial score (nSPS) is 23.0. The number of ether oxygens (including phenoxy) is 8. The number of benzene rings is 6. The van der Waals surface area contributed by atoms with Crippen LogP contribution in [0, 0.1) is 16.7 Å². The molecule has 0 unspecified atom stereocenters. The van der Waals surface area contributed by atoms with Crippen LogP contribution in [0.1, 0.15) is 130 Å². The van der Waals surface area contributed by atoms with Crippen molar-refractivity contribution in [2.45, 2.75) is 172 Å². The van der Waals surface area contributed by atoms with Gasteiger partial charge in [-0.15, -0.1) is 0 Å². The van der Waals surface area contributed by atoms with Crippen molar-refractivity contribution in [3.8, 4) is 0 Å². The van der Waals surface area contributed by atoms with Crippen LogP contribution in [0.15, 0.2) is 193 Å². The Kier molecular flexibility index (Phi) is 28.0. The van der Waals surface area contributed by atoms with E-state index >= 15 is 9.59 Å². The van der Waals surface area contributed by atoms with E-state index < -0.39 is 173 Å². The first kappa shape index (κ1) is 84.6. The van der Waals surface area contributed by atoms with Crippen LogP contribution in [0.4, 0.5) is 14.4 Å². The number of ketones is 1. The molecular formula is C85H97N7O22. The lowest BCUT2D eigenvalue weighted by Crippen LogP contribution is -2.82. The minimum Gasteiger partial charge on any atom is -0.455 e. The zero-order valence-electron chi connectivity index (χ0n) is 64.7. The van der Waals surface area contributed by atoms with Crippen LogP contribution in [0.25, 0.3) is 0 Å². The Hall–Kier alpha value is -11.8. The number of carbonyl (C=O) groups excluding carboxylic acids is 12. The lowest BCUT2D eigenvalue weighted by molar-refractivity contribution is -0.346. The Morgan fingerprint density at radius 3 is 1.74 bits per heavy atom. The summed E-state index contributed by atoms with van der Waals surface area (Å²) in [4.78, 5) is 173. The summed E-state index contributed by atoms with van der Waals surface area (Å²) in [5.41, 5.74) is -6.26. The van der Waals surface area contributed by atoms with E-state index in [-0.39, 0.29) is 92.8 Å². The van der Waals surface area contributed by atoms with Crippen molar-refractivity contribution in [3.63, 3.8) is 0 Å². The second kappa shape index (κ2) is 37.7. The van der Waals surface area contributed by atoms with E-state index in [1.165, 1.54) is 65.9 Å². The number of nitrogens with zero attached hydrogens (tertiary/aromatic N) is 1. The van der Waals surface area contributed by atoms with Crippen LogP contribution in [0.5, 0.6) is 0 Å². The molecule has 1 heterocycles. The smallest absolute Gasteiger partial charge is 0.410 e. The van der Waals surface area contributed by atoms with Gasteiger partial charge in [0.15, 0.2) is 17.5 Å². The highest BCUT2D eigenvalue weighted by molar-refractivity contribution is 5.97. The monoisotopic (exact) mass is 1570 g/mol. The Labute approximate surface area is 659 Å². The second-order valence-electron chi connectivity index (χ2n) is 29.7. The van der Waals surface area contributed by atoms with E-state index in [1.54, 1.807) is 152 Å². The minimum atomic E-state index is -2.60. The number of carbonyl (C=O) groups is 12. The highest BCUT2D eigenvalue weighted by Crippen LogP contribution is 2.64. The van der Waals surface area contributed by atoms with Crippen molar-refractivity contribution in [2.24, 2.45) is 16.7 Å². The van der Waals surface area contributed by atoms with Gasteiger partial charge in [-0.1, -0.05) is 172 Å². The number of likely N-dealkylation sites (N-methyl/N-ethyl adjacent to an activating group) is 1. The molecule has 14 atom stereocenters. The molecule has 604 valence electrons. The van der Waals surface area contributed by atoms with Gasteiger partial charge in [-0.05, 0) is 97.7 Å². The van der Waals surface area contributed by atoms with Crippen molar-refractivity contribution in [1.29, 1.82) is 0 Å². The number of unbranched alkanes of at least 4 members (excludes halogenated alkanes) is 1. The molecule has 4 aliphatic rings. The van der Waals surface area contributed by atoms with E-state index in [4.69, 9.17) is 37.9 Å². The molecule has 29 heteroatoms. The highest BCUT2D eigenvalue weighted by Gasteiger charge is 2.78. The summed E-state index contributed by atoms with van der Waals surface area (Å²) in [6.45, 7) is 8.30. The number of Topliss-reactive ketones (excluding diaryl/α,β-unsaturated/α-hetero) is 1. The molecule has 3 aliphatic carbocycles. The lowest BCUT2D eigenvalue weighted by Gasteiger charge is -2.67. The maximum Gasteiger partial charge on any atom is 0.410 e. The maximum atomic E-state index is 16.1. The molecule has 7 amide bonds. The summed E-state index contributed by atoms with van der Waals surface area (Å²) in [5.74, 6) is -9.96. The summed E-state index contributed by atoms with van der Waals surface area (Å²) in [6, 6.07) is 44.6. The molecule has 29 nitrogen and oxygen atoms in total. The second-order valence-corrected chi connectivity index (χ2v) is 29.7. The minimum absolute atomic E-state index is 0.0135. The van der Waals surface area contributed by atoms with E-state index in [0.717, 1.165) is 24.3 Å². The number of esters is 4. The molecule has 0 spiro atoms. The number of amides is 7. The fraction of sp³-hybridized carbons (Fsp3) is 0.412. The predicted octanol–water partition coefficient (Wildman–Crippen LogP) is 7.55. The Balaban J connectivity index is 0.937. The molecule has 10 rings (SSSR count). The lowest BCUT2D eigenvalue weighted by atomic mass is 9.44. The average molecular weight is 1570 g/mol. The Morgan fingerprint density at radius 2 is 1.17 bits per heavy atom. The summed E-state index contributed by atoms with van der Waals surface area (Å²) in [5, 5.41) is 43.0. The Morgan fingerprint density at radius 1 is 0.614 bits per heavy atom. The van der Waals surface area contributed by atoms with E-state index in [9.17, 15) is 58.2 Å². The van der Waals surface area contributed by atoms with Crippen molar-refractivity contribution < 1.29 is 106 Å². The molecule has 0 radical (unpaired) electrons. The third-order valence-corrected chi connectivity index (χ3v) is 21.6. The molecule has 2 saturated carbocycles. The summed E-state index contributed by atoms with van der Waals surface area (Å²) >= 11 is 0. The predicted molar refractivity (Wildman–Crippen MR) is 409 cm³/mol. The molecule has 1 saturated heterocycles. The average Bonchev–Trinajstić information content (AvgIpc) is 0.668. The van der Waals surface area contributed by atoms with Gasteiger partial charge in [0, 0.05) is 70.8 Å². The first-order valence-corrected chi connectivity index (χ1v) is 37.7. The molecule has 0 aromatic heterocycles. The standard InChI is InChI=1S/C85H97N7O22/c1-51-63(47-85(106)72(113-77(101)60-39-25-14-26-40-60)70-83(7,64(95)46-65-84(70,50-109-65)114-54(4)94)71(96)68(110-53(3)93)66(51)82(85,5)6)111-78(102)69(67(58-35-21-12-22-36-58)91-74(98)59-37-23-13-24-38-59)112-81(105)92(8)44-43-86-75(99)61(41-27-28-42-87-79(103)107-48-56-31-17-10-18-32-56)89-76(100)62(45-55-29-15-9-16-30-55)90-73(97)52(2)88-80(104)108-49-57-33-19-11-20-34-57/h9-26,29-40,52,61-65,67-70,72,95,106H,27-28,41-50H2,1-8H3,(H,86,99)(H,87,103)(H,88,104)(H,89,100)(H,90,97)(H,91,98)/t52-,61+,62+,63+,64+,65-,67+,68-,69-,70+,72+,83-,84+,85-/m1/s1. The number of hydrogen-bond donors (Lipinski definition) is 8. The highest BCUT2D eigenvalue weighted by atomic mass is 16.6. The number of rotatable bonds is 31. The number of nitrogens with one attached hydrogen (secondary N) is 6. The fourth-order valence-electron chi connectivity index (χ4n) is 15.4. The third kappa shape index (κ3) is 19.8. The Bertz CT molecular complexity index is 4470. The maximum absolute atomic E-state index is 16.1. The van der Waals surface area contributed by atoms with Crippen molar-refractivity contribution in [3.05, 3.63) is 227 Å². The van der Waals surface area contributed by atoms with Crippen LogP contribution < -0.4 is 31.9 Å². The van der Waals surface area contributed by atoms with Crippen LogP contribution in [-0.4, -0.2) is 186 Å². The molecule has 6 aromatic rings. The summed E-state index contributed by atoms with van der Waals surface area (Å²) < 4.78 is 48.2. The van der Waals surface area contributed by atoms with Crippen molar-refractivity contribution >= 4 is 71.6 Å². The van der Waals surface area contributed by atoms with Gasteiger partial charge in [0.05, 0.1) is 29.6 Å². The topological polar surface area (TPSA) is 395 Å². The number of fused-ring (bicyclic) bond motifs is 5. The van der Waals surface area contributed by atoms with Crippen LogP contribution >= 0.6 is 0 Å². The summed E-state index contributed by atoms with van der Waals surface area (Å²) in [6.07, 6.45) is -14.2. The number of aliphatic hydroxyl groups excluding tert-OH is 1. The molecule has 3 fully saturated rings. The third-order valence-electron chi connectivity index (χ3n) is 21.6. The molecule has 1 aliphatic heterocycles. The van der Waals surface area contributed by atoms with Crippen molar-refractivity contribution in [1.82, 2.24) is 36.8 Å². The van der Waals surface area contributed by atoms with E-state index in [0.29, 0.717) is 11.1 Å². The van der Waals surface area contributed by atoms with Crippen molar-refractivity contribution in [2.75, 3.05) is 33.3 Å². The quantitative estimate of drug-likeness (QED) is 0.00900. The zero-order chi connectivity index (χ0) is 82.1. The van der Waals surface area contributed by atoms with Gasteiger partial charge in [-0.3, -0.25) is 33.6 Å². The van der Waals surface area contributed by atoms with Gasteiger partial charge in [0.1, 0.15) is 61.3 Å². The van der Waals surface area contributed by atoms with Gasteiger partial charge in [-0.2, -0.15) is 0 Å².